The Hall–Kier alpha value is -5.20. The van der Waals surface area contributed by atoms with Gasteiger partial charge >= 0.3 is 6.09 Å². The number of benzene rings is 3. The third-order valence-corrected chi connectivity index (χ3v) is 7.62. The lowest BCUT2D eigenvalue weighted by Crippen LogP contribution is -2.42. The van der Waals surface area contributed by atoms with Gasteiger partial charge in [-0.2, -0.15) is 0 Å². The van der Waals surface area contributed by atoms with E-state index in [1.54, 1.807) is 26.0 Å². The average Bonchev–Trinajstić information content (AvgIpc) is 3.06. The highest BCUT2D eigenvalue weighted by Crippen LogP contribution is 2.32. The molecule has 1 unspecified atom stereocenters. The van der Waals surface area contributed by atoms with Crippen LogP contribution in [-0.4, -0.2) is 48.3 Å². The molecular formula is C35H36ClFN4O7. The van der Waals surface area contributed by atoms with E-state index in [2.05, 4.69) is 15.6 Å². The van der Waals surface area contributed by atoms with E-state index in [9.17, 15) is 23.9 Å². The van der Waals surface area contributed by atoms with E-state index < -0.39 is 34.9 Å². The molecular weight excluding hydrogens is 643 g/mol. The van der Waals surface area contributed by atoms with Crippen LogP contribution in [0.1, 0.15) is 48.0 Å². The van der Waals surface area contributed by atoms with Crippen LogP contribution in [-0.2, 0) is 27.3 Å². The molecule has 4 aromatic rings. The van der Waals surface area contributed by atoms with E-state index in [4.69, 9.17) is 31.5 Å². The zero-order valence-corrected chi connectivity index (χ0v) is 27.6. The van der Waals surface area contributed by atoms with Gasteiger partial charge in [0.15, 0.2) is 18.1 Å². The second-order valence-electron chi connectivity index (χ2n) is 11.6. The standard InChI is InChI=1S/C35H36ClFN4O7/c1-34(2,41-33(44)48-18-21-8-6-5-7-9-21)24-16-27(22-10-12-26(37)25(36)14-22)40-30(17-24)35(3,45)20-39-32(43)23-11-13-28(29(15-23)46-4)47-19-31(38)42/h5-17,45H,18-20H2,1-4H3,(H2,38,42)(H,39,43)(H,41,44). The molecule has 0 fully saturated rings. The molecule has 0 saturated carbocycles. The molecule has 0 aliphatic heterocycles. The van der Waals surface area contributed by atoms with Gasteiger partial charge in [0.05, 0.1) is 35.6 Å². The molecule has 11 nitrogen and oxygen atoms in total. The van der Waals surface area contributed by atoms with Gasteiger partial charge < -0.3 is 35.7 Å². The lowest BCUT2D eigenvalue weighted by molar-refractivity contribution is -0.119. The van der Waals surface area contributed by atoms with Gasteiger partial charge in [0.1, 0.15) is 18.0 Å². The number of nitrogens with two attached hydrogens (primary N) is 1. The highest BCUT2D eigenvalue weighted by Gasteiger charge is 2.31. The maximum Gasteiger partial charge on any atom is 0.408 e. The number of aliphatic hydroxyl groups is 1. The highest BCUT2D eigenvalue weighted by molar-refractivity contribution is 6.31. The third-order valence-electron chi connectivity index (χ3n) is 7.33. The second-order valence-corrected chi connectivity index (χ2v) is 12.1. The molecule has 13 heteroatoms. The van der Waals surface area contributed by atoms with Crippen molar-refractivity contribution in [1.82, 2.24) is 15.6 Å². The quantitative estimate of drug-likeness (QED) is 0.150. The van der Waals surface area contributed by atoms with Gasteiger partial charge in [0, 0.05) is 11.1 Å². The number of amides is 3. The van der Waals surface area contributed by atoms with Crippen LogP contribution in [0.25, 0.3) is 11.3 Å². The Bertz CT molecular complexity index is 1800. The summed E-state index contributed by atoms with van der Waals surface area (Å²) in [5.74, 6) is -1.41. The number of ether oxygens (including phenoxy) is 3. The van der Waals surface area contributed by atoms with E-state index in [-0.39, 0.29) is 47.5 Å². The van der Waals surface area contributed by atoms with Crippen molar-refractivity contribution >= 4 is 29.5 Å². The monoisotopic (exact) mass is 678 g/mol. The molecule has 252 valence electrons. The molecule has 0 spiro atoms. The van der Waals surface area contributed by atoms with Gasteiger partial charge in [0.25, 0.3) is 11.8 Å². The molecule has 3 aromatic carbocycles. The topological polar surface area (TPSA) is 162 Å². The van der Waals surface area contributed by atoms with Gasteiger partial charge in [-0.3, -0.25) is 9.59 Å². The Morgan fingerprint density at radius 3 is 2.38 bits per heavy atom. The fraction of sp³-hybridized carbons (Fsp3) is 0.257. The molecule has 48 heavy (non-hydrogen) atoms. The highest BCUT2D eigenvalue weighted by atomic mass is 35.5. The molecule has 0 aliphatic carbocycles. The first-order valence-corrected chi connectivity index (χ1v) is 15.1. The van der Waals surface area contributed by atoms with Crippen LogP contribution < -0.4 is 25.8 Å². The normalized spacial score (nSPS) is 12.4. The zero-order valence-electron chi connectivity index (χ0n) is 26.8. The first-order valence-electron chi connectivity index (χ1n) is 14.8. The van der Waals surface area contributed by atoms with Crippen LogP contribution >= 0.6 is 11.6 Å². The minimum Gasteiger partial charge on any atom is -0.493 e. The van der Waals surface area contributed by atoms with Crippen LogP contribution in [0, 0.1) is 5.82 Å². The van der Waals surface area contributed by atoms with Crippen molar-refractivity contribution in [3.05, 3.63) is 112 Å². The third kappa shape index (κ3) is 9.20. The van der Waals surface area contributed by atoms with Crippen LogP contribution in [0.2, 0.25) is 5.02 Å². The molecule has 0 radical (unpaired) electrons. The summed E-state index contributed by atoms with van der Waals surface area (Å²) in [6, 6.07) is 20.9. The maximum absolute atomic E-state index is 14.0. The maximum atomic E-state index is 14.0. The lowest BCUT2D eigenvalue weighted by atomic mass is 9.89. The van der Waals surface area contributed by atoms with Crippen molar-refractivity contribution < 1.29 is 38.1 Å². The summed E-state index contributed by atoms with van der Waals surface area (Å²) in [4.78, 5) is 41.7. The fourth-order valence-corrected chi connectivity index (χ4v) is 4.76. The number of halogens is 2. The number of carbonyl (C=O) groups excluding carboxylic acids is 3. The smallest absolute Gasteiger partial charge is 0.408 e. The number of rotatable bonds is 13. The number of hydrogen-bond acceptors (Lipinski definition) is 8. The molecule has 0 saturated heterocycles. The Labute approximate surface area is 282 Å². The minimum atomic E-state index is -1.73. The average molecular weight is 679 g/mol. The Morgan fingerprint density at radius 1 is 0.979 bits per heavy atom. The van der Waals surface area contributed by atoms with Crippen molar-refractivity contribution in [2.24, 2.45) is 5.73 Å². The van der Waals surface area contributed by atoms with Gasteiger partial charge in [0.2, 0.25) is 0 Å². The molecule has 3 amide bonds. The minimum absolute atomic E-state index is 0.0626. The summed E-state index contributed by atoms with van der Waals surface area (Å²) in [6.07, 6.45) is -0.672. The molecule has 1 heterocycles. The first kappa shape index (κ1) is 35.7. The predicted molar refractivity (Wildman–Crippen MR) is 177 cm³/mol. The zero-order chi connectivity index (χ0) is 35.1. The number of alkyl carbamates (subject to hydrolysis) is 1. The number of hydrogen-bond donors (Lipinski definition) is 4. The van der Waals surface area contributed by atoms with Crippen molar-refractivity contribution in [3.63, 3.8) is 0 Å². The van der Waals surface area contributed by atoms with E-state index in [0.29, 0.717) is 16.8 Å². The number of aromatic nitrogens is 1. The van der Waals surface area contributed by atoms with Crippen molar-refractivity contribution in [1.29, 1.82) is 0 Å². The molecule has 0 bridgehead atoms. The van der Waals surface area contributed by atoms with E-state index in [1.807, 2.05) is 30.3 Å². The van der Waals surface area contributed by atoms with E-state index >= 15 is 0 Å². The van der Waals surface area contributed by atoms with Crippen LogP contribution in [0.4, 0.5) is 9.18 Å². The molecule has 1 atom stereocenters. The summed E-state index contributed by atoms with van der Waals surface area (Å²) in [6.45, 7) is 4.38. The molecule has 4 rings (SSSR count). The predicted octanol–water partition coefficient (Wildman–Crippen LogP) is 5.21. The number of primary amides is 1. The Balaban J connectivity index is 1.59. The summed E-state index contributed by atoms with van der Waals surface area (Å²) in [5.41, 5.74) is 4.84. The molecule has 0 aliphatic rings. The number of carbonyl (C=O) groups is 3. The number of nitrogens with one attached hydrogen (secondary N) is 2. The Morgan fingerprint density at radius 2 is 1.71 bits per heavy atom. The van der Waals surface area contributed by atoms with Gasteiger partial charge in [-0.1, -0.05) is 41.9 Å². The fourth-order valence-electron chi connectivity index (χ4n) is 4.58. The van der Waals surface area contributed by atoms with Crippen LogP contribution in [0.15, 0.2) is 78.9 Å². The Kier molecular flexibility index (Phi) is 11.2. The number of nitrogens with zero attached hydrogens (tertiary/aromatic N) is 1. The van der Waals surface area contributed by atoms with Crippen molar-refractivity contribution in [2.75, 3.05) is 20.3 Å². The van der Waals surface area contributed by atoms with Gasteiger partial charge in [-0.25, -0.2) is 14.2 Å². The summed E-state index contributed by atoms with van der Waals surface area (Å²) >= 11 is 6.07. The first-order chi connectivity index (χ1) is 22.7. The van der Waals surface area contributed by atoms with Gasteiger partial charge in [-0.05, 0) is 80.4 Å². The van der Waals surface area contributed by atoms with E-state index in [0.717, 1.165) is 5.56 Å². The van der Waals surface area contributed by atoms with Crippen LogP contribution in [0.3, 0.4) is 0 Å². The molecule has 5 N–H and O–H groups in total. The van der Waals surface area contributed by atoms with Crippen molar-refractivity contribution in [3.8, 4) is 22.8 Å². The summed E-state index contributed by atoms with van der Waals surface area (Å²) in [5, 5.41) is 17.1. The number of pyridine rings is 1. The summed E-state index contributed by atoms with van der Waals surface area (Å²) < 4.78 is 30.0. The number of methoxy groups -OCH3 is 1. The van der Waals surface area contributed by atoms with Crippen LogP contribution in [0.5, 0.6) is 11.5 Å². The second kappa shape index (κ2) is 15.1. The molecule has 1 aromatic heterocycles. The van der Waals surface area contributed by atoms with Crippen molar-refractivity contribution in [2.45, 2.75) is 38.5 Å². The summed E-state index contributed by atoms with van der Waals surface area (Å²) in [7, 11) is 1.38. The van der Waals surface area contributed by atoms with E-state index in [1.165, 1.54) is 50.4 Å². The lowest BCUT2D eigenvalue weighted by Gasteiger charge is -2.30. The largest absolute Gasteiger partial charge is 0.493 e. The SMILES string of the molecule is COc1cc(C(=O)NCC(C)(O)c2cc(C(C)(C)NC(=O)OCc3ccccc3)cc(-c3ccc(F)c(Cl)c3)n2)ccc1OCC(N)=O. The van der Waals surface area contributed by atoms with Gasteiger partial charge in [-0.15, -0.1) is 0 Å².